The molecule has 0 aromatic rings. The predicted molar refractivity (Wildman–Crippen MR) is 55.1 cm³/mol. The van der Waals surface area contributed by atoms with Crippen LogP contribution in [0.15, 0.2) is 0 Å². The second-order valence-electron chi connectivity index (χ2n) is 4.18. The van der Waals surface area contributed by atoms with Crippen LogP contribution in [0.1, 0.15) is 20.3 Å². The summed E-state index contributed by atoms with van der Waals surface area (Å²) in [6.45, 7) is 6.37. The van der Waals surface area contributed by atoms with E-state index < -0.39 is 6.17 Å². The Morgan fingerprint density at radius 2 is 2.29 bits per heavy atom. The second-order valence-corrected chi connectivity index (χ2v) is 4.18. The maximum absolute atomic E-state index is 13.3. The molecule has 2 atom stereocenters. The molecule has 4 heteroatoms. The van der Waals surface area contributed by atoms with Gasteiger partial charge >= 0.3 is 0 Å². The Labute approximate surface area is 85.3 Å². The standard InChI is InChI=1S/C10H21FN2O/c1-8(2)13(5-6-14)7-10-9(11)3-4-12-10/h8-10,12,14H,3-7H2,1-2H3. The largest absolute Gasteiger partial charge is 0.395 e. The van der Waals surface area contributed by atoms with Gasteiger partial charge in [-0.15, -0.1) is 0 Å². The minimum Gasteiger partial charge on any atom is -0.395 e. The number of alkyl halides is 1. The first-order valence-electron chi connectivity index (χ1n) is 5.37. The quantitative estimate of drug-likeness (QED) is 0.680. The molecule has 0 aromatic heterocycles. The van der Waals surface area contributed by atoms with Crippen LogP contribution in [0.3, 0.4) is 0 Å². The van der Waals surface area contributed by atoms with E-state index in [1.165, 1.54) is 0 Å². The maximum Gasteiger partial charge on any atom is 0.118 e. The lowest BCUT2D eigenvalue weighted by atomic mass is 10.1. The average molecular weight is 204 g/mol. The molecular weight excluding hydrogens is 183 g/mol. The van der Waals surface area contributed by atoms with Crippen LogP contribution in [-0.2, 0) is 0 Å². The number of nitrogens with one attached hydrogen (secondary N) is 1. The Balaban J connectivity index is 2.37. The molecule has 84 valence electrons. The summed E-state index contributed by atoms with van der Waals surface area (Å²) in [5, 5.41) is 12.0. The molecule has 0 bridgehead atoms. The van der Waals surface area contributed by atoms with Crippen molar-refractivity contribution in [2.24, 2.45) is 0 Å². The van der Waals surface area contributed by atoms with E-state index >= 15 is 0 Å². The number of aliphatic hydroxyl groups excluding tert-OH is 1. The van der Waals surface area contributed by atoms with Gasteiger partial charge in [0.25, 0.3) is 0 Å². The summed E-state index contributed by atoms with van der Waals surface area (Å²) in [6.07, 6.45) is -0.106. The van der Waals surface area contributed by atoms with Gasteiger partial charge in [-0.05, 0) is 26.8 Å². The molecule has 0 aliphatic carbocycles. The first kappa shape index (κ1) is 11.9. The molecule has 3 nitrogen and oxygen atoms in total. The SMILES string of the molecule is CC(C)N(CCO)CC1NCCC1F. The monoisotopic (exact) mass is 204 g/mol. The van der Waals surface area contributed by atoms with E-state index in [1.54, 1.807) is 0 Å². The Morgan fingerprint density at radius 1 is 1.57 bits per heavy atom. The van der Waals surface area contributed by atoms with E-state index in [1.807, 2.05) is 0 Å². The molecule has 0 radical (unpaired) electrons. The summed E-state index contributed by atoms with van der Waals surface area (Å²) in [6, 6.07) is 0.306. The summed E-state index contributed by atoms with van der Waals surface area (Å²) in [7, 11) is 0. The minimum atomic E-state index is -0.727. The first-order chi connectivity index (χ1) is 6.65. The van der Waals surface area contributed by atoms with Crippen molar-refractivity contribution in [1.29, 1.82) is 0 Å². The van der Waals surface area contributed by atoms with Crippen LogP contribution < -0.4 is 5.32 Å². The summed E-state index contributed by atoms with van der Waals surface area (Å²) < 4.78 is 13.3. The first-order valence-corrected chi connectivity index (χ1v) is 5.37. The van der Waals surface area contributed by atoms with Crippen LogP contribution in [0.5, 0.6) is 0 Å². The van der Waals surface area contributed by atoms with Gasteiger partial charge in [0.1, 0.15) is 6.17 Å². The fourth-order valence-corrected chi connectivity index (χ4v) is 1.86. The van der Waals surface area contributed by atoms with Crippen LogP contribution in [0.2, 0.25) is 0 Å². The minimum absolute atomic E-state index is 0.0519. The van der Waals surface area contributed by atoms with Crippen molar-refractivity contribution < 1.29 is 9.50 Å². The molecule has 1 rings (SSSR count). The van der Waals surface area contributed by atoms with Crippen LogP contribution in [0, 0.1) is 0 Å². The highest BCUT2D eigenvalue weighted by Crippen LogP contribution is 2.13. The molecule has 0 amide bonds. The van der Waals surface area contributed by atoms with Gasteiger partial charge in [-0.2, -0.15) is 0 Å². The van der Waals surface area contributed by atoms with E-state index in [9.17, 15) is 4.39 Å². The highest BCUT2D eigenvalue weighted by atomic mass is 19.1. The van der Waals surface area contributed by atoms with Crippen LogP contribution in [0.4, 0.5) is 4.39 Å². The van der Waals surface area contributed by atoms with Gasteiger partial charge in [0.15, 0.2) is 0 Å². The summed E-state index contributed by atoms with van der Waals surface area (Å²) in [5.74, 6) is 0. The Bertz CT molecular complexity index is 166. The number of halogens is 1. The molecular formula is C10H21FN2O. The van der Waals surface area contributed by atoms with Crippen molar-refractivity contribution in [1.82, 2.24) is 10.2 Å². The fraction of sp³-hybridized carbons (Fsp3) is 1.00. The lowest BCUT2D eigenvalue weighted by molar-refractivity contribution is 0.139. The van der Waals surface area contributed by atoms with Crippen molar-refractivity contribution in [3.63, 3.8) is 0 Å². The highest BCUT2D eigenvalue weighted by molar-refractivity contribution is 4.86. The zero-order valence-electron chi connectivity index (χ0n) is 9.04. The number of aliphatic hydroxyl groups is 1. The zero-order valence-corrected chi connectivity index (χ0v) is 9.04. The van der Waals surface area contributed by atoms with Gasteiger partial charge in [0, 0.05) is 19.1 Å². The second kappa shape index (κ2) is 5.63. The molecule has 1 fully saturated rings. The average Bonchev–Trinajstić information content (AvgIpc) is 2.51. The van der Waals surface area contributed by atoms with Crippen molar-refractivity contribution in [3.8, 4) is 0 Å². The Kier molecular flexibility index (Phi) is 4.78. The molecule has 1 aliphatic rings. The van der Waals surface area contributed by atoms with Crippen molar-refractivity contribution in [2.45, 2.75) is 38.5 Å². The molecule has 2 N–H and O–H groups in total. The third kappa shape index (κ3) is 3.19. The number of hydrogen-bond donors (Lipinski definition) is 2. The van der Waals surface area contributed by atoms with Crippen molar-refractivity contribution >= 4 is 0 Å². The highest BCUT2D eigenvalue weighted by Gasteiger charge is 2.28. The lowest BCUT2D eigenvalue weighted by Gasteiger charge is -2.29. The molecule has 0 saturated carbocycles. The van der Waals surface area contributed by atoms with E-state index in [0.717, 1.165) is 6.54 Å². The van der Waals surface area contributed by atoms with Crippen LogP contribution in [0.25, 0.3) is 0 Å². The Morgan fingerprint density at radius 3 is 2.71 bits per heavy atom. The summed E-state index contributed by atoms with van der Waals surface area (Å²) >= 11 is 0. The van der Waals surface area contributed by atoms with Gasteiger partial charge in [0.05, 0.1) is 12.6 Å². The van der Waals surface area contributed by atoms with E-state index in [2.05, 4.69) is 24.1 Å². The third-order valence-corrected chi connectivity index (χ3v) is 2.81. The number of hydrogen-bond acceptors (Lipinski definition) is 3. The topological polar surface area (TPSA) is 35.5 Å². The number of nitrogens with zero attached hydrogens (tertiary/aromatic N) is 1. The van der Waals surface area contributed by atoms with Gasteiger partial charge in [-0.3, -0.25) is 4.90 Å². The molecule has 14 heavy (non-hydrogen) atoms. The molecule has 0 aromatic carbocycles. The molecule has 2 unspecified atom stereocenters. The van der Waals surface area contributed by atoms with Gasteiger partial charge < -0.3 is 10.4 Å². The van der Waals surface area contributed by atoms with Crippen LogP contribution in [-0.4, -0.2) is 54.5 Å². The van der Waals surface area contributed by atoms with Gasteiger partial charge in [0.2, 0.25) is 0 Å². The Hall–Kier alpha value is -0.190. The lowest BCUT2D eigenvalue weighted by Crippen LogP contribution is -2.45. The van der Waals surface area contributed by atoms with E-state index in [4.69, 9.17) is 5.11 Å². The smallest absolute Gasteiger partial charge is 0.118 e. The molecule has 1 heterocycles. The maximum atomic E-state index is 13.3. The van der Waals surface area contributed by atoms with Crippen LogP contribution >= 0.6 is 0 Å². The zero-order chi connectivity index (χ0) is 10.6. The summed E-state index contributed by atoms with van der Waals surface area (Å²) in [4.78, 5) is 2.11. The van der Waals surface area contributed by atoms with E-state index in [0.29, 0.717) is 25.6 Å². The van der Waals surface area contributed by atoms with Crippen molar-refractivity contribution in [2.75, 3.05) is 26.2 Å². The fourth-order valence-electron chi connectivity index (χ4n) is 1.86. The third-order valence-electron chi connectivity index (χ3n) is 2.81. The van der Waals surface area contributed by atoms with Crippen molar-refractivity contribution in [3.05, 3.63) is 0 Å². The summed E-state index contributed by atoms with van der Waals surface area (Å²) in [5.41, 5.74) is 0. The number of rotatable bonds is 5. The van der Waals surface area contributed by atoms with E-state index in [-0.39, 0.29) is 12.6 Å². The van der Waals surface area contributed by atoms with Gasteiger partial charge in [-0.25, -0.2) is 4.39 Å². The molecule has 1 saturated heterocycles. The predicted octanol–water partition coefficient (Wildman–Crippen LogP) is 0.389. The normalized spacial score (nSPS) is 27.9. The molecule has 1 aliphatic heterocycles. The van der Waals surface area contributed by atoms with Gasteiger partial charge in [-0.1, -0.05) is 0 Å². The molecule has 0 spiro atoms.